The first-order valence-corrected chi connectivity index (χ1v) is 7.55. The predicted octanol–water partition coefficient (Wildman–Crippen LogP) is 4.33. The van der Waals surface area contributed by atoms with Crippen LogP contribution in [-0.4, -0.2) is 13.2 Å². The summed E-state index contributed by atoms with van der Waals surface area (Å²) < 4.78 is 5.50. The maximum atomic E-state index is 10.6. The number of nitrogens with zero attached hydrogens (tertiary/aromatic N) is 1. The molecule has 0 amide bonds. The lowest BCUT2D eigenvalue weighted by atomic mass is 9.92. The first-order chi connectivity index (χ1) is 9.70. The van der Waals surface area contributed by atoms with Crippen LogP contribution in [0.25, 0.3) is 0 Å². The summed E-state index contributed by atoms with van der Waals surface area (Å²) in [7, 11) is 1.66. The first kappa shape index (κ1) is 13.7. The molecule has 3 rings (SSSR count). The molecule has 0 saturated heterocycles. The van der Waals surface area contributed by atoms with Crippen molar-refractivity contribution in [2.24, 2.45) is 4.99 Å². The van der Waals surface area contributed by atoms with Crippen molar-refractivity contribution in [3.05, 3.63) is 28.3 Å². The molecule has 4 heteroatoms. The summed E-state index contributed by atoms with van der Waals surface area (Å²) in [5, 5.41) is 0.624. The zero-order valence-corrected chi connectivity index (χ0v) is 12.4. The highest BCUT2D eigenvalue weighted by molar-refractivity contribution is 6.32. The summed E-state index contributed by atoms with van der Waals surface area (Å²) in [6.07, 6.45) is 8.38. The fraction of sp³-hybridized carbons (Fsp3) is 0.562. The maximum Gasteiger partial charge on any atom is 0.235 e. The molecule has 0 bridgehead atoms. The Balaban J connectivity index is 2.07. The van der Waals surface area contributed by atoms with Crippen LogP contribution in [0.5, 0.6) is 5.75 Å². The Morgan fingerprint density at radius 2 is 2.05 bits per heavy atom. The van der Waals surface area contributed by atoms with Gasteiger partial charge >= 0.3 is 0 Å². The third-order valence-corrected chi connectivity index (χ3v) is 4.87. The fourth-order valence-electron chi connectivity index (χ4n) is 3.31. The lowest BCUT2D eigenvalue weighted by Gasteiger charge is -2.19. The smallest absolute Gasteiger partial charge is 0.235 e. The van der Waals surface area contributed by atoms with E-state index in [4.69, 9.17) is 16.3 Å². The molecule has 2 saturated carbocycles. The van der Waals surface area contributed by atoms with E-state index in [0.717, 1.165) is 24.2 Å². The van der Waals surface area contributed by atoms with Crippen LogP contribution in [0.1, 0.15) is 55.6 Å². The molecule has 1 aromatic carbocycles. The third-order valence-electron chi connectivity index (χ3n) is 4.59. The number of aliphatic imine (C=N–C) groups is 1. The minimum atomic E-state index is -0.370. The average Bonchev–Trinajstić information content (AvgIpc) is 3.03. The highest BCUT2D eigenvalue weighted by Gasteiger charge is 2.45. The number of hydrogen-bond donors (Lipinski definition) is 0. The molecule has 0 heterocycles. The van der Waals surface area contributed by atoms with Crippen molar-refractivity contribution in [3.63, 3.8) is 0 Å². The number of carbonyl (C=O) groups excluding carboxylic acids is 1. The molecule has 2 aliphatic rings. The van der Waals surface area contributed by atoms with Gasteiger partial charge in [-0.3, -0.25) is 0 Å². The van der Waals surface area contributed by atoms with Crippen molar-refractivity contribution in [2.75, 3.05) is 7.11 Å². The molecule has 0 atom stereocenters. The Morgan fingerprint density at radius 1 is 1.35 bits per heavy atom. The van der Waals surface area contributed by atoms with Gasteiger partial charge in [-0.05, 0) is 54.9 Å². The molecule has 1 aromatic rings. The maximum absolute atomic E-state index is 10.6. The van der Waals surface area contributed by atoms with Crippen LogP contribution in [0.2, 0.25) is 5.02 Å². The monoisotopic (exact) mass is 291 g/mol. The molecule has 2 fully saturated rings. The summed E-state index contributed by atoms with van der Waals surface area (Å²) in [5.41, 5.74) is 1.85. The number of methoxy groups -OCH3 is 1. The number of rotatable bonds is 4. The highest BCUT2D eigenvalue weighted by atomic mass is 35.5. The van der Waals surface area contributed by atoms with E-state index in [9.17, 15) is 4.79 Å². The van der Waals surface area contributed by atoms with Gasteiger partial charge in [-0.15, -0.1) is 0 Å². The van der Waals surface area contributed by atoms with Crippen molar-refractivity contribution >= 4 is 17.7 Å². The van der Waals surface area contributed by atoms with Gasteiger partial charge in [0, 0.05) is 0 Å². The summed E-state index contributed by atoms with van der Waals surface area (Å²) in [6, 6.07) is 4.04. The molecule has 106 valence electrons. The molecule has 2 aliphatic carbocycles. The molecule has 0 unspecified atom stereocenters. The van der Waals surface area contributed by atoms with Crippen LogP contribution in [0.3, 0.4) is 0 Å². The quantitative estimate of drug-likeness (QED) is 0.612. The van der Waals surface area contributed by atoms with E-state index < -0.39 is 0 Å². The second-order valence-corrected chi connectivity index (χ2v) is 6.20. The largest absolute Gasteiger partial charge is 0.495 e. The topological polar surface area (TPSA) is 38.7 Å². The summed E-state index contributed by atoms with van der Waals surface area (Å²) in [4.78, 5) is 14.6. The number of hydrogen-bond acceptors (Lipinski definition) is 3. The molecular weight excluding hydrogens is 274 g/mol. The minimum absolute atomic E-state index is 0.370. The van der Waals surface area contributed by atoms with Crippen LogP contribution in [-0.2, 0) is 10.3 Å². The van der Waals surface area contributed by atoms with Crippen molar-refractivity contribution in [1.82, 2.24) is 0 Å². The standard InChI is InChI=1S/C16H18ClNO2/c1-20-15-13(11-4-2-3-5-11)8-12(9-14(15)17)16(6-7-16)18-10-19/h8-9,11H,2-7H2,1H3. The molecule has 0 radical (unpaired) electrons. The van der Waals surface area contributed by atoms with Crippen LogP contribution >= 0.6 is 11.6 Å². The zero-order chi connectivity index (χ0) is 14.2. The molecule has 0 aliphatic heterocycles. The van der Waals surface area contributed by atoms with Crippen molar-refractivity contribution < 1.29 is 9.53 Å². The second kappa shape index (κ2) is 5.23. The van der Waals surface area contributed by atoms with E-state index in [1.807, 2.05) is 6.07 Å². The van der Waals surface area contributed by atoms with Crippen molar-refractivity contribution in [3.8, 4) is 5.75 Å². The number of isocyanates is 1. The number of ether oxygens (including phenoxy) is 1. The summed E-state index contributed by atoms with van der Waals surface area (Å²) in [5.74, 6) is 1.30. The van der Waals surface area contributed by atoms with Gasteiger partial charge in [0.25, 0.3) is 0 Å². The Kier molecular flexibility index (Phi) is 3.57. The van der Waals surface area contributed by atoms with Crippen molar-refractivity contribution in [1.29, 1.82) is 0 Å². The van der Waals surface area contributed by atoms with E-state index in [0.29, 0.717) is 10.9 Å². The summed E-state index contributed by atoms with van der Waals surface area (Å²) in [6.45, 7) is 0. The molecule has 20 heavy (non-hydrogen) atoms. The van der Waals surface area contributed by atoms with E-state index in [-0.39, 0.29) is 5.54 Å². The Bertz CT molecular complexity index is 568. The summed E-state index contributed by atoms with van der Waals surface area (Å²) >= 11 is 6.38. The molecule has 0 N–H and O–H groups in total. The highest BCUT2D eigenvalue weighted by Crippen LogP contribution is 2.52. The fourth-order valence-corrected chi connectivity index (χ4v) is 3.61. The van der Waals surface area contributed by atoms with E-state index in [1.165, 1.54) is 31.2 Å². The van der Waals surface area contributed by atoms with E-state index in [1.54, 1.807) is 13.2 Å². The Labute approximate surface area is 124 Å². The number of halogens is 1. The molecule has 0 aromatic heterocycles. The first-order valence-electron chi connectivity index (χ1n) is 7.17. The van der Waals surface area contributed by atoms with Gasteiger partial charge in [0.1, 0.15) is 5.75 Å². The van der Waals surface area contributed by atoms with Crippen LogP contribution in [0.4, 0.5) is 0 Å². The lowest BCUT2D eigenvalue weighted by molar-refractivity contribution is 0.405. The molecule has 0 spiro atoms. The lowest BCUT2D eigenvalue weighted by Crippen LogP contribution is -2.06. The van der Waals surface area contributed by atoms with Crippen LogP contribution < -0.4 is 4.74 Å². The van der Waals surface area contributed by atoms with Gasteiger partial charge in [-0.25, -0.2) is 4.79 Å². The van der Waals surface area contributed by atoms with Gasteiger partial charge in [-0.2, -0.15) is 4.99 Å². The Morgan fingerprint density at radius 3 is 2.60 bits per heavy atom. The van der Waals surface area contributed by atoms with Crippen LogP contribution in [0, 0.1) is 0 Å². The van der Waals surface area contributed by atoms with Gasteiger partial charge in [0.15, 0.2) is 0 Å². The third kappa shape index (κ3) is 2.25. The zero-order valence-electron chi connectivity index (χ0n) is 11.6. The average molecular weight is 292 g/mol. The Hall–Kier alpha value is -1.31. The van der Waals surface area contributed by atoms with Gasteiger partial charge in [-0.1, -0.05) is 24.4 Å². The number of benzene rings is 1. The van der Waals surface area contributed by atoms with Gasteiger partial charge < -0.3 is 4.74 Å². The van der Waals surface area contributed by atoms with Gasteiger partial charge in [0.2, 0.25) is 6.08 Å². The normalized spacial score (nSPS) is 20.5. The molecule has 3 nitrogen and oxygen atoms in total. The van der Waals surface area contributed by atoms with E-state index >= 15 is 0 Å². The predicted molar refractivity (Wildman–Crippen MR) is 78.2 cm³/mol. The van der Waals surface area contributed by atoms with Gasteiger partial charge in [0.05, 0.1) is 17.7 Å². The second-order valence-electron chi connectivity index (χ2n) is 5.80. The van der Waals surface area contributed by atoms with Crippen LogP contribution in [0.15, 0.2) is 17.1 Å². The minimum Gasteiger partial charge on any atom is -0.495 e. The van der Waals surface area contributed by atoms with E-state index in [2.05, 4.69) is 11.1 Å². The SMILES string of the molecule is COc1c(Cl)cc(C2(N=C=O)CC2)cc1C1CCCC1. The molecular formula is C16H18ClNO2. The van der Waals surface area contributed by atoms with Crippen molar-refractivity contribution in [2.45, 2.75) is 50.0 Å².